The first-order chi connectivity index (χ1) is 12.2. The van der Waals surface area contributed by atoms with Gasteiger partial charge in [-0.05, 0) is 37.8 Å². The van der Waals surface area contributed by atoms with Crippen LogP contribution in [0, 0.1) is 23.7 Å². The van der Waals surface area contributed by atoms with E-state index in [-0.39, 0.29) is 35.5 Å². The van der Waals surface area contributed by atoms with E-state index in [1.54, 1.807) is 13.2 Å². The second kappa shape index (κ2) is 5.32. The number of carbonyl (C=O) groups excluding carboxylic acids is 2. The first-order valence-electron chi connectivity index (χ1n) is 9.12. The summed E-state index contributed by atoms with van der Waals surface area (Å²) < 4.78 is 5.25. The molecule has 3 fully saturated rings. The van der Waals surface area contributed by atoms with E-state index in [1.807, 2.05) is 18.2 Å². The van der Waals surface area contributed by atoms with Crippen molar-refractivity contribution in [2.75, 3.05) is 12.0 Å². The highest BCUT2D eigenvalue weighted by atomic mass is 16.5. The molecule has 4 nitrogen and oxygen atoms in total. The van der Waals surface area contributed by atoms with E-state index < -0.39 is 0 Å². The number of hydrogen-bond acceptors (Lipinski definition) is 3. The van der Waals surface area contributed by atoms with Gasteiger partial charge in [-0.3, -0.25) is 9.59 Å². The third-order valence-electron chi connectivity index (χ3n) is 6.34. The lowest BCUT2D eigenvalue weighted by Gasteiger charge is -2.20. The zero-order valence-electron chi connectivity index (χ0n) is 14.3. The van der Waals surface area contributed by atoms with Crippen LogP contribution in [-0.2, 0) is 9.59 Å². The van der Waals surface area contributed by atoms with Gasteiger partial charge >= 0.3 is 0 Å². The van der Waals surface area contributed by atoms with E-state index >= 15 is 0 Å². The van der Waals surface area contributed by atoms with Gasteiger partial charge in [0.25, 0.3) is 0 Å². The smallest absolute Gasteiger partial charge is 0.238 e. The average Bonchev–Trinajstić information content (AvgIpc) is 3.38. The first-order valence-corrected chi connectivity index (χ1v) is 9.12. The molecule has 0 spiro atoms. The molecule has 25 heavy (non-hydrogen) atoms. The van der Waals surface area contributed by atoms with Gasteiger partial charge in [-0.25, -0.2) is 4.90 Å². The zero-order valence-corrected chi connectivity index (χ0v) is 14.3. The predicted molar refractivity (Wildman–Crippen MR) is 94.1 cm³/mol. The highest BCUT2D eigenvalue weighted by Gasteiger charge is 2.62. The Labute approximate surface area is 147 Å². The van der Waals surface area contributed by atoms with Gasteiger partial charge in [0, 0.05) is 17.9 Å². The Hall–Kier alpha value is -2.36. The number of anilines is 1. The standard InChI is InChI=1S/C21H21NO3/c1-25-14-8-4-7-13(11-14)22-20(23)18-15-9-10-16(19(18)21(22)24)17(15)12-5-2-3-6-12/h4,7-11,15-16,18-19H,2-3,5-6H2,1H3/t15-,16-,18-,19+/m0/s1. The maximum absolute atomic E-state index is 13.2. The number of amides is 2. The number of ether oxygens (including phenoxy) is 1. The largest absolute Gasteiger partial charge is 0.497 e. The van der Waals surface area contributed by atoms with Gasteiger partial charge in [0.2, 0.25) is 11.8 Å². The molecule has 2 bridgehead atoms. The van der Waals surface area contributed by atoms with E-state index in [0.717, 1.165) is 12.8 Å². The number of imide groups is 1. The van der Waals surface area contributed by atoms with Crippen molar-refractivity contribution in [2.45, 2.75) is 25.7 Å². The van der Waals surface area contributed by atoms with Crippen LogP contribution in [0.1, 0.15) is 25.7 Å². The van der Waals surface area contributed by atoms with Crippen molar-refractivity contribution in [2.24, 2.45) is 23.7 Å². The maximum atomic E-state index is 13.2. The summed E-state index contributed by atoms with van der Waals surface area (Å²) in [4.78, 5) is 27.7. The van der Waals surface area contributed by atoms with Crippen LogP contribution in [0.3, 0.4) is 0 Å². The molecule has 0 aromatic heterocycles. The summed E-state index contributed by atoms with van der Waals surface area (Å²) in [6, 6.07) is 7.22. The number of fused-ring (bicyclic) bond motifs is 5. The Kier molecular flexibility index (Phi) is 3.18. The van der Waals surface area contributed by atoms with E-state index in [0.29, 0.717) is 11.4 Å². The number of carbonyl (C=O) groups is 2. The second-order valence-electron chi connectivity index (χ2n) is 7.47. The Bertz CT molecular complexity index is 795. The topological polar surface area (TPSA) is 46.6 Å². The number of methoxy groups -OCH3 is 1. The lowest BCUT2D eigenvalue weighted by Crippen LogP contribution is -2.33. The average molecular weight is 335 g/mol. The summed E-state index contributed by atoms with van der Waals surface area (Å²) in [6.45, 7) is 0. The molecule has 1 aromatic rings. The fourth-order valence-corrected chi connectivity index (χ4v) is 5.33. The molecule has 0 N–H and O–H groups in total. The quantitative estimate of drug-likeness (QED) is 0.614. The molecule has 1 aliphatic heterocycles. The van der Waals surface area contributed by atoms with Crippen molar-refractivity contribution in [3.05, 3.63) is 47.6 Å². The molecule has 5 rings (SSSR count). The molecule has 2 saturated carbocycles. The third kappa shape index (κ3) is 1.94. The summed E-state index contributed by atoms with van der Waals surface area (Å²) in [6.07, 6.45) is 9.12. The van der Waals surface area contributed by atoms with Crippen molar-refractivity contribution in [1.29, 1.82) is 0 Å². The molecule has 1 heterocycles. The van der Waals surface area contributed by atoms with Gasteiger partial charge in [-0.1, -0.05) is 29.4 Å². The van der Waals surface area contributed by atoms with Crippen LogP contribution < -0.4 is 9.64 Å². The van der Waals surface area contributed by atoms with Crippen LogP contribution in [0.15, 0.2) is 47.6 Å². The van der Waals surface area contributed by atoms with Crippen molar-refractivity contribution in [3.63, 3.8) is 0 Å². The van der Waals surface area contributed by atoms with Gasteiger partial charge in [0.1, 0.15) is 5.75 Å². The van der Waals surface area contributed by atoms with Crippen molar-refractivity contribution < 1.29 is 14.3 Å². The number of benzene rings is 1. The minimum Gasteiger partial charge on any atom is -0.497 e. The Morgan fingerprint density at radius 3 is 2.24 bits per heavy atom. The predicted octanol–water partition coefficient (Wildman–Crippen LogP) is 3.49. The zero-order chi connectivity index (χ0) is 17.1. The lowest BCUT2D eigenvalue weighted by atomic mass is 9.85. The van der Waals surface area contributed by atoms with Gasteiger partial charge in [0.15, 0.2) is 0 Å². The second-order valence-corrected chi connectivity index (χ2v) is 7.47. The molecule has 2 amide bonds. The molecular weight excluding hydrogens is 314 g/mol. The first kappa shape index (κ1) is 14.9. The van der Waals surface area contributed by atoms with Crippen molar-refractivity contribution >= 4 is 17.5 Å². The lowest BCUT2D eigenvalue weighted by molar-refractivity contribution is -0.122. The number of allylic oxidation sites excluding steroid dienone is 4. The van der Waals surface area contributed by atoms with Crippen LogP contribution in [0.2, 0.25) is 0 Å². The van der Waals surface area contributed by atoms with Crippen LogP contribution in [0.25, 0.3) is 0 Å². The van der Waals surface area contributed by atoms with Crippen LogP contribution in [-0.4, -0.2) is 18.9 Å². The Balaban J connectivity index is 1.54. The molecule has 0 unspecified atom stereocenters. The van der Waals surface area contributed by atoms with E-state index in [9.17, 15) is 9.59 Å². The van der Waals surface area contributed by atoms with E-state index in [2.05, 4.69) is 12.2 Å². The Morgan fingerprint density at radius 1 is 1.00 bits per heavy atom. The fraction of sp³-hybridized carbons (Fsp3) is 0.429. The summed E-state index contributed by atoms with van der Waals surface area (Å²) in [5.41, 5.74) is 3.54. The minimum atomic E-state index is -0.211. The van der Waals surface area contributed by atoms with Crippen molar-refractivity contribution in [3.8, 4) is 5.75 Å². The van der Waals surface area contributed by atoms with Crippen LogP contribution in [0.5, 0.6) is 5.75 Å². The summed E-state index contributed by atoms with van der Waals surface area (Å²) in [7, 11) is 1.59. The summed E-state index contributed by atoms with van der Waals surface area (Å²) in [5.74, 6) is 0.413. The molecule has 128 valence electrons. The molecule has 1 aromatic carbocycles. The number of nitrogens with zero attached hydrogens (tertiary/aromatic N) is 1. The third-order valence-corrected chi connectivity index (χ3v) is 6.34. The van der Waals surface area contributed by atoms with Gasteiger partial charge in [-0.2, -0.15) is 0 Å². The summed E-state index contributed by atoms with van der Waals surface area (Å²) in [5, 5.41) is 0. The molecule has 0 radical (unpaired) electrons. The number of hydrogen-bond donors (Lipinski definition) is 0. The fourth-order valence-electron chi connectivity index (χ4n) is 5.33. The normalized spacial score (nSPS) is 32.9. The SMILES string of the molecule is COc1cccc(N2C(=O)[C@@H]3[C@H](C2=O)[C@H]2C=C[C@H]3C2=C2CCCC2)c1. The van der Waals surface area contributed by atoms with Gasteiger partial charge in [-0.15, -0.1) is 0 Å². The molecule has 4 heteroatoms. The minimum absolute atomic E-state index is 0.0452. The van der Waals surface area contributed by atoms with E-state index in [1.165, 1.54) is 28.9 Å². The van der Waals surface area contributed by atoms with Gasteiger partial charge < -0.3 is 4.74 Å². The maximum Gasteiger partial charge on any atom is 0.238 e. The number of rotatable bonds is 2. The van der Waals surface area contributed by atoms with Crippen LogP contribution in [0.4, 0.5) is 5.69 Å². The monoisotopic (exact) mass is 335 g/mol. The van der Waals surface area contributed by atoms with Gasteiger partial charge in [0.05, 0.1) is 24.6 Å². The molecule has 4 atom stereocenters. The molecule has 3 aliphatic carbocycles. The molecule has 1 saturated heterocycles. The van der Waals surface area contributed by atoms with Crippen LogP contribution >= 0.6 is 0 Å². The van der Waals surface area contributed by atoms with Crippen molar-refractivity contribution in [1.82, 2.24) is 0 Å². The van der Waals surface area contributed by atoms with E-state index in [4.69, 9.17) is 4.74 Å². The summed E-state index contributed by atoms with van der Waals surface area (Å²) >= 11 is 0. The Morgan fingerprint density at radius 2 is 1.64 bits per heavy atom. The highest BCUT2D eigenvalue weighted by Crippen LogP contribution is 2.58. The molecular formula is C21H21NO3. The molecule has 4 aliphatic rings. The highest BCUT2D eigenvalue weighted by molar-refractivity contribution is 6.23.